The van der Waals surface area contributed by atoms with Gasteiger partial charge in [-0.05, 0) is 42.0 Å². The Labute approximate surface area is 166 Å². The highest BCUT2D eigenvalue weighted by Crippen LogP contribution is 2.28. The minimum atomic E-state index is 0.120. The van der Waals surface area contributed by atoms with Crippen molar-refractivity contribution in [2.75, 3.05) is 34.4 Å². The smallest absolute Gasteiger partial charge is 0.226 e. The maximum absolute atomic E-state index is 12.7. The Morgan fingerprint density at radius 1 is 0.893 bits per heavy atom. The summed E-state index contributed by atoms with van der Waals surface area (Å²) in [5, 5.41) is 0. The Bertz CT molecular complexity index is 782. The van der Waals surface area contributed by atoms with E-state index >= 15 is 0 Å². The molecule has 0 atom stereocenters. The van der Waals surface area contributed by atoms with E-state index in [0.717, 1.165) is 29.9 Å². The van der Waals surface area contributed by atoms with E-state index in [9.17, 15) is 4.79 Å². The summed E-state index contributed by atoms with van der Waals surface area (Å²) in [5.74, 6) is 3.06. The van der Waals surface area contributed by atoms with Crippen LogP contribution in [0.25, 0.3) is 0 Å². The molecule has 0 spiro atoms. The van der Waals surface area contributed by atoms with Crippen molar-refractivity contribution in [3.63, 3.8) is 0 Å². The minimum Gasteiger partial charge on any atom is -0.497 e. The quantitative estimate of drug-likeness (QED) is 0.732. The van der Waals surface area contributed by atoms with Crippen molar-refractivity contribution >= 4 is 5.91 Å². The largest absolute Gasteiger partial charge is 0.497 e. The van der Waals surface area contributed by atoms with Crippen LogP contribution < -0.4 is 18.9 Å². The van der Waals surface area contributed by atoms with Gasteiger partial charge in [0, 0.05) is 25.9 Å². The van der Waals surface area contributed by atoms with Gasteiger partial charge in [-0.25, -0.2) is 0 Å². The molecule has 150 valence electrons. The van der Waals surface area contributed by atoms with E-state index in [2.05, 4.69) is 0 Å². The average Bonchev–Trinajstić information content (AvgIpc) is 2.74. The molecule has 6 heteroatoms. The first-order chi connectivity index (χ1) is 13.6. The molecular weight excluding hydrogens is 358 g/mol. The number of hydrogen-bond donors (Lipinski definition) is 0. The van der Waals surface area contributed by atoms with Crippen molar-refractivity contribution in [2.45, 2.75) is 25.4 Å². The summed E-state index contributed by atoms with van der Waals surface area (Å²) in [6.07, 6.45) is 2.12. The number of hydrogen-bond acceptors (Lipinski definition) is 5. The number of nitrogens with zero attached hydrogens (tertiary/aromatic N) is 1. The first kappa shape index (κ1) is 19.9. The van der Waals surface area contributed by atoms with E-state index in [1.54, 1.807) is 21.3 Å². The number of likely N-dealkylation sites (tertiary alicyclic amines) is 1. The van der Waals surface area contributed by atoms with Gasteiger partial charge in [0.1, 0.15) is 17.6 Å². The zero-order chi connectivity index (χ0) is 19.9. The van der Waals surface area contributed by atoms with Gasteiger partial charge >= 0.3 is 0 Å². The molecule has 1 heterocycles. The predicted octanol–water partition coefficient (Wildman–Crippen LogP) is 3.32. The van der Waals surface area contributed by atoms with E-state index in [4.69, 9.17) is 18.9 Å². The maximum Gasteiger partial charge on any atom is 0.226 e. The third-order valence-electron chi connectivity index (χ3n) is 4.96. The highest BCUT2D eigenvalue weighted by atomic mass is 16.5. The highest BCUT2D eigenvalue weighted by molar-refractivity contribution is 5.79. The molecule has 0 N–H and O–H groups in total. The first-order valence-electron chi connectivity index (χ1n) is 9.42. The van der Waals surface area contributed by atoms with Crippen molar-refractivity contribution in [3.8, 4) is 23.0 Å². The van der Waals surface area contributed by atoms with Crippen LogP contribution in [0.4, 0.5) is 0 Å². The zero-order valence-electron chi connectivity index (χ0n) is 16.6. The van der Waals surface area contributed by atoms with Crippen LogP contribution in [0.3, 0.4) is 0 Å². The molecule has 2 aromatic carbocycles. The van der Waals surface area contributed by atoms with Crippen LogP contribution in [0.5, 0.6) is 23.0 Å². The molecule has 1 saturated heterocycles. The van der Waals surface area contributed by atoms with E-state index in [-0.39, 0.29) is 12.0 Å². The van der Waals surface area contributed by atoms with Gasteiger partial charge in [0.25, 0.3) is 0 Å². The molecule has 0 saturated carbocycles. The summed E-state index contributed by atoms with van der Waals surface area (Å²) >= 11 is 0. The highest BCUT2D eigenvalue weighted by Gasteiger charge is 2.24. The number of carbonyl (C=O) groups is 1. The third kappa shape index (κ3) is 4.88. The topological polar surface area (TPSA) is 57.2 Å². The molecular formula is C22H27NO5. The average molecular weight is 385 g/mol. The summed E-state index contributed by atoms with van der Waals surface area (Å²) < 4.78 is 21.8. The van der Waals surface area contributed by atoms with Crippen LogP contribution in [0.1, 0.15) is 18.4 Å². The van der Waals surface area contributed by atoms with Crippen LogP contribution in [-0.4, -0.2) is 51.3 Å². The molecule has 2 aromatic rings. The number of carbonyl (C=O) groups excluding carboxylic acids is 1. The summed E-state index contributed by atoms with van der Waals surface area (Å²) in [5.41, 5.74) is 0.916. The number of ether oxygens (including phenoxy) is 4. The fourth-order valence-electron chi connectivity index (χ4n) is 3.35. The molecule has 1 amide bonds. The maximum atomic E-state index is 12.7. The van der Waals surface area contributed by atoms with Gasteiger partial charge in [-0.1, -0.05) is 6.07 Å². The Morgan fingerprint density at radius 2 is 1.54 bits per heavy atom. The van der Waals surface area contributed by atoms with Gasteiger partial charge in [-0.2, -0.15) is 0 Å². The Kier molecular flexibility index (Phi) is 6.63. The molecule has 0 bridgehead atoms. The van der Waals surface area contributed by atoms with Gasteiger partial charge in [0.05, 0.1) is 27.8 Å². The van der Waals surface area contributed by atoms with Crippen molar-refractivity contribution in [3.05, 3.63) is 48.0 Å². The summed E-state index contributed by atoms with van der Waals surface area (Å²) in [7, 11) is 4.84. The second kappa shape index (κ2) is 9.35. The summed E-state index contributed by atoms with van der Waals surface area (Å²) in [4.78, 5) is 14.6. The van der Waals surface area contributed by atoms with Crippen molar-refractivity contribution in [1.82, 2.24) is 4.90 Å². The molecule has 1 aliphatic heterocycles. The molecule has 3 rings (SSSR count). The Hall–Kier alpha value is -2.89. The fraction of sp³-hybridized carbons (Fsp3) is 0.409. The summed E-state index contributed by atoms with van der Waals surface area (Å²) in [6.45, 7) is 1.40. The molecule has 6 nitrogen and oxygen atoms in total. The van der Waals surface area contributed by atoms with E-state index in [0.29, 0.717) is 31.0 Å². The van der Waals surface area contributed by atoms with Crippen LogP contribution in [0, 0.1) is 0 Å². The van der Waals surface area contributed by atoms with Gasteiger partial charge in [0.2, 0.25) is 5.91 Å². The molecule has 0 radical (unpaired) electrons. The lowest BCUT2D eigenvalue weighted by Crippen LogP contribution is -2.42. The van der Waals surface area contributed by atoms with E-state index in [1.165, 1.54) is 0 Å². The van der Waals surface area contributed by atoms with Gasteiger partial charge in [-0.15, -0.1) is 0 Å². The number of rotatable bonds is 7. The van der Waals surface area contributed by atoms with E-state index < -0.39 is 0 Å². The Morgan fingerprint density at radius 3 is 2.14 bits per heavy atom. The first-order valence-corrected chi connectivity index (χ1v) is 9.42. The van der Waals surface area contributed by atoms with Crippen molar-refractivity contribution < 1.29 is 23.7 Å². The van der Waals surface area contributed by atoms with Crippen LogP contribution in [0.15, 0.2) is 42.5 Å². The van der Waals surface area contributed by atoms with E-state index in [1.807, 2.05) is 47.4 Å². The Balaban J connectivity index is 1.50. The SMILES string of the molecule is COc1ccc(OC2CCN(C(=O)Cc3ccc(OC)c(OC)c3)CC2)cc1. The van der Waals surface area contributed by atoms with Crippen molar-refractivity contribution in [1.29, 1.82) is 0 Å². The molecule has 1 aliphatic rings. The van der Waals surface area contributed by atoms with Crippen LogP contribution in [0.2, 0.25) is 0 Å². The second-order valence-corrected chi connectivity index (χ2v) is 6.74. The molecule has 0 unspecified atom stereocenters. The molecule has 1 fully saturated rings. The lowest BCUT2D eigenvalue weighted by molar-refractivity contribution is -0.132. The zero-order valence-corrected chi connectivity index (χ0v) is 16.6. The lowest BCUT2D eigenvalue weighted by Gasteiger charge is -2.32. The minimum absolute atomic E-state index is 0.120. The molecule has 0 aliphatic carbocycles. The third-order valence-corrected chi connectivity index (χ3v) is 4.96. The van der Waals surface area contributed by atoms with Gasteiger partial charge in [0.15, 0.2) is 11.5 Å². The molecule has 28 heavy (non-hydrogen) atoms. The van der Waals surface area contributed by atoms with Gasteiger partial charge in [-0.3, -0.25) is 4.79 Å². The van der Waals surface area contributed by atoms with Crippen LogP contribution >= 0.6 is 0 Å². The number of piperidine rings is 1. The van der Waals surface area contributed by atoms with Gasteiger partial charge < -0.3 is 23.8 Å². The lowest BCUT2D eigenvalue weighted by atomic mass is 10.1. The normalized spacial score (nSPS) is 14.5. The van der Waals surface area contributed by atoms with Crippen LogP contribution in [-0.2, 0) is 11.2 Å². The summed E-state index contributed by atoms with van der Waals surface area (Å²) in [6, 6.07) is 13.2. The number of benzene rings is 2. The number of methoxy groups -OCH3 is 3. The second-order valence-electron chi connectivity index (χ2n) is 6.74. The molecule has 0 aromatic heterocycles. The standard InChI is InChI=1S/C22H27NO5/c1-25-17-5-7-18(8-6-17)28-19-10-12-23(13-11-19)22(24)15-16-4-9-20(26-2)21(14-16)27-3/h4-9,14,19H,10-13,15H2,1-3H3. The monoisotopic (exact) mass is 385 g/mol. The number of amides is 1. The predicted molar refractivity (Wildman–Crippen MR) is 106 cm³/mol. The van der Waals surface area contributed by atoms with Crippen molar-refractivity contribution in [2.24, 2.45) is 0 Å². The fourth-order valence-corrected chi connectivity index (χ4v) is 3.35.